The van der Waals surface area contributed by atoms with Gasteiger partial charge in [0.05, 0.1) is 23.1 Å². The Kier molecular flexibility index (Phi) is 10.6. The molecule has 2 amide bonds. The van der Waals surface area contributed by atoms with Gasteiger partial charge in [-0.05, 0) is 80.6 Å². The lowest BCUT2D eigenvalue weighted by atomic mass is 9.92. The Balaban J connectivity index is 1.69. The molecule has 0 aliphatic carbocycles. The second-order valence-electron chi connectivity index (χ2n) is 11.3. The van der Waals surface area contributed by atoms with E-state index in [1.807, 2.05) is 13.0 Å². The minimum absolute atomic E-state index is 0.0397. The molecule has 11 nitrogen and oxygen atoms in total. The fourth-order valence-electron chi connectivity index (χ4n) is 5.53. The van der Waals surface area contributed by atoms with Crippen LogP contribution in [0.25, 0.3) is 0 Å². The molecule has 2 aromatic rings. The Bertz CT molecular complexity index is 1600. The van der Waals surface area contributed by atoms with E-state index in [0.29, 0.717) is 24.1 Å². The van der Waals surface area contributed by atoms with E-state index in [4.69, 9.17) is 4.74 Å². The summed E-state index contributed by atoms with van der Waals surface area (Å²) in [5.41, 5.74) is 3.55. The lowest BCUT2D eigenvalue weighted by Gasteiger charge is -2.35. The van der Waals surface area contributed by atoms with Gasteiger partial charge in [-0.1, -0.05) is 29.8 Å². The van der Waals surface area contributed by atoms with E-state index in [0.717, 1.165) is 16.7 Å². The number of hydrogen-bond acceptors (Lipinski definition) is 8. The predicted molar refractivity (Wildman–Crippen MR) is 164 cm³/mol. The molecule has 2 aromatic carbocycles. The zero-order valence-electron chi connectivity index (χ0n) is 25.5. The Labute approximate surface area is 258 Å². The largest absolute Gasteiger partial charge is 0.464 e. The van der Waals surface area contributed by atoms with Gasteiger partial charge in [0.1, 0.15) is 12.1 Å². The lowest BCUT2D eigenvalue weighted by Crippen LogP contribution is -2.56. The maximum Gasteiger partial charge on any atom is 0.329 e. The van der Waals surface area contributed by atoms with Crippen molar-refractivity contribution in [1.29, 1.82) is 5.26 Å². The smallest absolute Gasteiger partial charge is 0.329 e. The van der Waals surface area contributed by atoms with Crippen molar-refractivity contribution in [3.05, 3.63) is 76.4 Å². The van der Waals surface area contributed by atoms with Gasteiger partial charge in [-0.2, -0.15) is 9.98 Å². The molecular formula is C32H39N5O6S. The summed E-state index contributed by atoms with van der Waals surface area (Å²) in [7, 11) is -0.911. The van der Waals surface area contributed by atoms with Crippen LogP contribution in [0.2, 0.25) is 0 Å². The molecule has 44 heavy (non-hydrogen) atoms. The minimum Gasteiger partial charge on any atom is -0.464 e. The summed E-state index contributed by atoms with van der Waals surface area (Å²) in [6.45, 7) is 4.48. The number of nitrogens with one attached hydrogen (secondary N) is 2. The van der Waals surface area contributed by atoms with Crippen LogP contribution in [0.4, 0.5) is 0 Å². The number of rotatable bonds is 10. The number of hydrogen-bond donors (Lipinski definition) is 2. The first-order valence-corrected chi connectivity index (χ1v) is 16.1. The molecule has 0 unspecified atom stereocenters. The first-order valence-electron chi connectivity index (χ1n) is 14.6. The van der Waals surface area contributed by atoms with E-state index < -0.39 is 34.0 Å². The lowest BCUT2D eigenvalue weighted by molar-refractivity contribution is -0.155. The van der Waals surface area contributed by atoms with Crippen molar-refractivity contribution in [3.63, 3.8) is 0 Å². The predicted octanol–water partition coefficient (Wildman–Crippen LogP) is 2.22. The first-order chi connectivity index (χ1) is 20.9. The van der Waals surface area contributed by atoms with Crippen LogP contribution in [0, 0.1) is 11.3 Å². The normalized spacial score (nSPS) is 18.8. The van der Waals surface area contributed by atoms with Crippen LogP contribution in [-0.2, 0) is 42.0 Å². The zero-order chi connectivity index (χ0) is 32.0. The summed E-state index contributed by atoms with van der Waals surface area (Å²) in [5.74, 6) is -1.22. The van der Waals surface area contributed by atoms with E-state index in [1.165, 1.54) is 15.9 Å². The van der Waals surface area contributed by atoms with Crippen molar-refractivity contribution in [2.75, 3.05) is 33.8 Å². The van der Waals surface area contributed by atoms with Crippen molar-refractivity contribution >= 4 is 27.8 Å². The number of amides is 2. The SMILES string of the molecule is CCOC(=O)[C@H]1CC(C)=CCN1C(=O)[C@@H](Cc1cccc(C#N)c1)NS(=O)(=O)c1ccc2c(c1)[C@H](CC(=O)N(C)C)NCC2. The highest BCUT2D eigenvalue weighted by Crippen LogP contribution is 2.29. The number of benzene rings is 2. The first kappa shape index (κ1) is 32.9. The summed E-state index contributed by atoms with van der Waals surface area (Å²) >= 11 is 0. The highest BCUT2D eigenvalue weighted by atomic mass is 32.2. The maximum atomic E-state index is 14.1. The molecule has 12 heteroatoms. The summed E-state index contributed by atoms with van der Waals surface area (Å²) in [6, 6.07) is 11.0. The van der Waals surface area contributed by atoms with Gasteiger partial charge < -0.3 is 19.9 Å². The van der Waals surface area contributed by atoms with Gasteiger partial charge in [0, 0.05) is 33.1 Å². The highest BCUT2D eigenvalue weighted by molar-refractivity contribution is 7.89. The third kappa shape index (κ3) is 7.72. The van der Waals surface area contributed by atoms with E-state index in [2.05, 4.69) is 16.1 Å². The molecule has 0 radical (unpaired) electrons. The second kappa shape index (κ2) is 14.2. The van der Waals surface area contributed by atoms with Crippen LogP contribution in [0.3, 0.4) is 0 Å². The molecule has 2 aliphatic heterocycles. The monoisotopic (exact) mass is 621 g/mol. The maximum absolute atomic E-state index is 14.1. The fraction of sp³-hybridized carbons (Fsp3) is 0.438. The number of nitriles is 1. The van der Waals surface area contributed by atoms with Gasteiger partial charge in [0.15, 0.2) is 0 Å². The van der Waals surface area contributed by atoms with Gasteiger partial charge in [0.2, 0.25) is 21.8 Å². The van der Waals surface area contributed by atoms with E-state index in [-0.39, 0.29) is 49.3 Å². The van der Waals surface area contributed by atoms with Crippen LogP contribution < -0.4 is 10.0 Å². The van der Waals surface area contributed by atoms with Gasteiger partial charge in [-0.15, -0.1) is 0 Å². The van der Waals surface area contributed by atoms with Crippen LogP contribution in [0.1, 0.15) is 55.0 Å². The zero-order valence-corrected chi connectivity index (χ0v) is 26.3. The Morgan fingerprint density at radius 3 is 2.68 bits per heavy atom. The summed E-state index contributed by atoms with van der Waals surface area (Å²) in [6.07, 6.45) is 2.92. The Morgan fingerprint density at radius 1 is 1.20 bits per heavy atom. The fourth-order valence-corrected chi connectivity index (χ4v) is 6.76. The van der Waals surface area contributed by atoms with E-state index in [1.54, 1.807) is 57.4 Å². The number of carbonyl (C=O) groups excluding carboxylic acids is 3. The topological polar surface area (TPSA) is 149 Å². The van der Waals surface area contributed by atoms with Crippen LogP contribution in [0.5, 0.6) is 0 Å². The van der Waals surface area contributed by atoms with Gasteiger partial charge in [0.25, 0.3) is 0 Å². The van der Waals surface area contributed by atoms with Crippen molar-refractivity contribution in [1.82, 2.24) is 19.8 Å². The Hall–Kier alpha value is -4.05. The van der Waals surface area contributed by atoms with Crippen LogP contribution in [0.15, 0.2) is 59.0 Å². The number of nitrogens with zero attached hydrogens (tertiary/aromatic N) is 3. The van der Waals surface area contributed by atoms with Gasteiger partial charge >= 0.3 is 5.97 Å². The van der Waals surface area contributed by atoms with E-state index in [9.17, 15) is 28.1 Å². The molecule has 2 heterocycles. The number of esters is 1. The number of ether oxygens (including phenoxy) is 1. The molecule has 0 bridgehead atoms. The van der Waals surface area contributed by atoms with E-state index >= 15 is 0 Å². The molecule has 0 fully saturated rings. The average Bonchev–Trinajstić information content (AvgIpc) is 3.00. The third-order valence-electron chi connectivity index (χ3n) is 7.93. The standard InChI is InChI=1S/C32H39N5O6S/c1-5-43-32(40)29-15-21(2)12-14-37(29)31(39)28(17-22-7-6-8-23(16-22)20-33)35-44(41,42)25-10-9-24-11-13-34-27(26(24)18-25)19-30(38)36(3)4/h6-10,12,16,18,27-29,34-35H,5,11,13-15,17,19H2,1-4H3/t27-,28+,29+/m0/s1. The van der Waals surface area contributed by atoms with Gasteiger partial charge in [-0.3, -0.25) is 9.59 Å². The second-order valence-corrected chi connectivity index (χ2v) is 13.0. The van der Waals surface area contributed by atoms with Crippen LogP contribution >= 0.6 is 0 Å². The third-order valence-corrected chi connectivity index (χ3v) is 9.40. The summed E-state index contributed by atoms with van der Waals surface area (Å²) in [4.78, 5) is 42.3. The molecule has 2 N–H and O–H groups in total. The highest BCUT2D eigenvalue weighted by Gasteiger charge is 2.38. The number of sulfonamides is 1. The molecule has 4 rings (SSSR count). The minimum atomic E-state index is -4.26. The quantitative estimate of drug-likeness (QED) is 0.303. The molecule has 3 atom stereocenters. The molecule has 0 saturated carbocycles. The molecule has 0 aromatic heterocycles. The number of fused-ring (bicyclic) bond motifs is 1. The van der Waals surface area contributed by atoms with Crippen molar-refractivity contribution in [3.8, 4) is 6.07 Å². The number of carbonyl (C=O) groups is 3. The van der Waals surface area contributed by atoms with Crippen LogP contribution in [-0.4, -0.2) is 81.9 Å². The molecular weight excluding hydrogens is 582 g/mol. The molecule has 0 saturated heterocycles. The van der Waals surface area contributed by atoms with Crippen molar-refractivity contribution in [2.24, 2.45) is 0 Å². The summed E-state index contributed by atoms with van der Waals surface area (Å²) < 4.78 is 35.7. The van der Waals surface area contributed by atoms with Crippen molar-refractivity contribution in [2.45, 2.75) is 62.6 Å². The Morgan fingerprint density at radius 2 is 1.98 bits per heavy atom. The summed E-state index contributed by atoms with van der Waals surface area (Å²) in [5, 5.41) is 12.7. The molecule has 0 spiro atoms. The molecule has 2 aliphatic rings. The van der Waals surface area contributed by atoms with Gasteiger partial charge in [-0.25, -0.2) is 13.2 Å². The van der Waals surface area contributed by atoms with Crippen molar-refractivity contribution < 1.29 is 27.5 Å². The molecule has 234 valence electrons. The average molecular weight is 622 g/mol.